The first-order valence-corrected chi connectivity index (χ1v) is 4.62. The van der Waals surface area contributed by atoms with Gasteiger partial charge in [0.2, 0.25) is 0 Å². The third-order valence-electron chi connectivity index (χ3n) is 1.68. The fraction of sp³-hybridized carbons (Fsp3) is 0.300. The Morgan fingerprint density at radius 2 is 2.33 bits per heavy atom. The molecule has 0 aliphatic rings. The van der Waals surface area contributed by atoms with Gasteiger partial charge in [0.1, 0.15) is 18.4 Å². The summed E-state index contributed by atoms with van der Waals surface area (Å²) in [6.07, 6.45) is -1.45. The van der Waals surface area contributed by atoms with E-state index in [-0.39, 0.29) is 17.9 Å². The number of hydrogen-bond donors (Lipinski definition) is 1. The van der Waals surface area contributed by atoms with Crippen molar-refractivity contribution in [2.24, 2.45) is 0 Å². The first-order chi connectivity index (χ1) is 7.17. The standard InChI is InChI=1S/C10H9ClFNO2/c11-8-1-2-10(7(3-8)4-13)15-6-9(12)5-14/h1-3,9,14H,5-6H2/t9-/m1/s1. The van der Waals surface area contributed by atoms with Crippen molar-refractivity contribution in [3.8, 4) is 11.8 Å². The highest BCUT2D eigenvalue weighted by Crippen LogP contribution is 2.22. The molecule has 1 aromatic rings. The maximum absolute atomic E-state index is 12.6. The number of aliphatic hydroxyl groups is 1. The van der Waals surface area contributed by atoms with Crippen LogP contribution in [0.15, 0.2) is 18.2 Å². The molecule has 0 aromatic heterocycles. The lowest BCUT2D eigenvalue weighted by atomic mass is 10.2. The normalized spacial score (nSPS) is 11.9. The highest BCUT2D eigenvalue weighted by Gasteiger charge is 2.08. The minimum absolute atomic E-state index is 0.243. The second-order valence-electron chi connectivity index (χ2n) is 2.84. The summed E-state index contributed by atoms with van der Waals surface area (Å²) < 4.78 is 17.7. The van der Waals surface area contributed by atoms with Crippen LogP contribution in [0.5, 0.6) is 5.75 Å². The smallest absolute Gasteiger partial charge is 0.157 e. The number of hydrogen-bond acceptors (Lipinski definition) is 3. The van der Waals surface area contributed by atoms with Crippen molar-refractivity contribution in [3.63, 3.8) is 0 Å². The number of alkyl halides is 1. The molecular formula is C10H9ClFNO2. The lowest BCUT2D eigenvalue weighted by Crippen LogP contribution is -2.17. The van der Waals surface area contributed by atoms with E-state index < -0.39 is 12.8 Å². The zero-order valence-corrected chi connectivity index (χ0v) is 8.54. The average Bonchev–Trinajstić information content (AvgIpc) is 2.26. The lowest BCUT2D eigenvalue weighted by Gasteiger charge is -2.09. The molecule has 0 saturated heterocycles. The summed E-state index contributed by atoms with van der Waals surface area (Å²) >= 11 is 5.66. The van der Waals surface area contributed by atoms with Gasteiger partial charge in [-0.15, -0.1) is 0 Å². The summed E-state index contributed by atoms with van der Waals surface area (Å²) in [5, 5.41) is 17.6. The molecule has 3 nitrogen and oxygen atoms in total. The predicted octanol–water partition coefficient (Wildman–Crippen LogP) is 1.92. The minimum Gasteiger partial charge on any atom is -0.489 e. The Kier molecular flexibility index (Phi) is 4.35. The van der Waals surface area contributed by atoms with Crippen molar-refractivity contribution in [1.29, 1.82) is 5.26 Å². The van der Waals surface area contributed by atoms with Crippen molar-refractivity contribution in [2.75, 3.05) is 13.2 Å². The molecule has 1 rings (SSSR count). The van der Waals surface area contributed by atoms with Crippen LogP contribution in [0.25, 0.3) is 0 Å². The molecule has 0 heterocycles. The maximum atomic E-state index is 12.6. The monoisotopic (exact) mass is 229 g/mol. The molecule has 1 aromatic carbocycles. The molecule has 0 bridgehead atoms. The summed E-state index contributed by atoms with van der Waals surface area (Å²) in [4.78, 5) is 0. The first-order valence-electron chi connectivity index (χ1n) is 4.24. The lowest BCUT2D eigenvalue weighted by molar-refractivity contribution is 0.123. The van der Waals surface area contributed by atoms with Gasteiger partial charge >= 0.3 is 0 Å². The largest absolute Gasteiger partial charge is 0.489 e. The predicted molar refractivity (Wildman–Crippen MR) is 53.6 cm³/mol. The molecule has 0 fully saturated rings. The Balaban J connectivity index is 2.73. The highest BCUT2D eigenvalue weighted by molar-refractivity contribution is 6.30. The molecule has 0 saturated carbocycles. The van der Waals surface area contributed by atoms with Crippen molar-refractivity contribution < 1.29 is 14.2 Å². The van der Waals surface area contributed by atoms with Crippen LogP contribution < -0.4 is 4.74 Å². The van der Waals surface area contributed by atoms with Gasteiger partial charge in [-0.1, -0.05) is 11.6 Å². The highest BCUT2D eigenvalue weighted by atomic mass is 35.5. The van der Waals surface area contributed by atoms with Gasteiger partial charge in [-0.05, 0) is 18.2 Å². The average molecular weight is 230 g/mol. The number of rotatable bonds is 4. The number of nitriles is 1. The van der Waals surface area contributed by atoms with E-state index in [4.69, 9.17) is 26.7 Å². The first kappa shape index (κ1) is 11.8. The third kappa shape index (κ3) is 3.39. The summed E-state index contributed by atoms with van der Waals surface area (Å²) in [5.41, 5.74) is 0.243. The Hall–Kier alpha value is -1.31. The second-order valence-corrected chi connectivity index (χ2v) is 3.28. The van der Waals surface area contributed by atoms with E-state index in [9.17, 15) is 4.39 Å². The molecular weight excluding hydrogens is 221 g/mol. The van der Waals surface area contributed by atoms with Crippen LogP contribution in [-0.2, 0) is 0 Å². The molecule has 5 heteroatoms. The number of halogens is 2. The van der Waals surface area contributed by atoms with Crippen LogP contribution in [0.2, 0.25) is 5.02 Å². The second kappa shape index (κ2) is 5.54. The van der Waals surface area contributed by atoms with E-state index in [0.717, 1.165) is 0 Å². The summed E-state index contributed by atoms with van der Waals surface area (Å²) in [5.74, 6) is 0.262. The topological polar surface area (TPSA) is 53.2 Å². The number of aliphatic hydroxyl groups excluding tert-OH is 1. The zero-order chi connectivity index (χ0) is 11.3. The fourth-order valence-corrected chi connectivity index (χ4v) is 1.12. The van der Waals surface area contributed by atoms with Gasteiger partial charge in [0.05, 0.1) is 12.2 Å². The molecule has 1 atom stereocenters. The van der Waals surface area contributed by atoms with Gasteiger partial charge in [-0.3, -0.25) is 0 Å². The zero-order valence-electron chi connectivity index (χ0n) is 7.78. The number of ether oxygens (including phenoxy) is 1. The van der Waals surface area contributed by atoms with Crippen molar-refractivity contribution in [1.82, 2.24) is 0 Å². The van der Waals surface area contributed by atoms with Gasteiger partial charge in [0.25, 0.3) is 0 Å². The molecule has 0 aliphatic heterocycles. The molecule has 1 N–H and O–H groups in total. The Bertz CT molecular complexity index is 378. The van der Waals surface area contributed by atoms with Gasteiger partial charge < -0.3 is 9.84 Å². The maximum Gasteiger partial charge on any atom is 0.157 e. The Morgan fingerprint density at radius 1 is 1.60 bits per heavy atom. The molecule has 0 amide bonds. The third-order valence-corrected chi connectivity index (χ3v) is 1.91. The van der Waals surface area contributed by atoms with Gasteiger partial charge in [0, 0.05) is 5.02 Å². The van der Waals surface area contributed by atoms with E-state index in [2.05, 4.69) is 0 Å². The van der Waals surface area contributed by atoms with Gasteiger partial charge in [-0.25, -0.2) is 4.39 Å². The Morgan fingerprint density at radius 3 is 2.93 bits per heavy atom. The Labute approximate surface area is 91.7 Å². The number of benzene rings is 1. The van der Waals surface area contributed by atoms with Crippen molar-refractivity contribution in [2.45, 2.75) is 6.17 Å². The van der Waals surface area contributed by atoms with Gasteiger partial charge in [0.15, 0.2) is 6.17 Å². The van der Waals surface area contributed by atoms with E-state index in [1.54, 1.807) is 6.07 Å². The van der Waals surface area contributed by atoms with Crippen LogP contribution >= 0.6 is 11.6 Å². The van der Waals surface area contributed by atoms with E-state index in [1.807, 2.05) is 6.07 Å². The summed E-state index contributed by atoms with van der Waals surface area (Å²) in [7, 11) is 0. The van der Waals surface area contributed by atoms with Crippen LogP contribution in [0.1, 0.15) is 5.56 Å². The quantitative estimate of drug-likeness (QED) is 0.858. The van der Waals surface area contributed by atoms with Gasteiger partial charge in [-0.2, -0.15) is 5.26 Å². The van der Waals surface area contributed by atoms with Crippen LogP contribution in [-0.4, -0.2) is 24.5 Å². The van der Waals surface area contributed by atoms with E-state index in [1.165, 1.54) is 12.1 Å². The fourth-order valence-electron chi connectivity index (χ4n) is 0.948. The van der Waals surface area contributed by atoms with Crippen LogP contribution in [0, 0.1) is 11.3 Å². The molecule has 0 radical (unpaired) electrons. The minimum atomic E-state index is -1.45. The number of nitrogens with zero attached hydrogens (tertiary/aromatic N) is 1. The molecule has 0 spiro atoms. The van der Waals surface area contributed by atoms with Crippen LogP contribution in [0.3, 0.4) is 0 Å². The van der Waals surface area contributed by atoms with Crippen LogP contribution in [0.4, 0.5) is 4.39 Å². The molecule has 0 unspecified atom stereocenters. The van der Waals surface area contributed by atoms with E-state index >= 15 is 0 Å². The molecule has 80 valence electrons. The van der Waals surface area contributed by atoms with Crippen molar-refractivity contribution >= 4 is 11.6 Å². The molecule has 15 heavy (non-hydrogen) atoms. The molecule has 0 aliphatic carbocycles. The van der Waals surface area contributed by atoms with Crippen molar-refractivity contribution in [3.05, 3.63) is 28.8 Å². The van der Waals surface area contributed by atoms with E-state index in [0.29, 0.717) is 5.02 Å². The summed E-state index contributed by atoms with van der Waals surface area (Å²) in [6, 6.07) is 6.35. The summed E-state index contributed by atoms with van der Waals surface area (Å²) in [6.45, 7) is -0.887. The SMILES string of the molecule is N#Cc1cc(Cl)ccc1OC[C@H](F)CO.